The number of esters is 2. The Kier molecular flexibility index (Phi) is 5.97. The highest BCUT2D eigenvalue weighted by atomic mass is 32.2. The van der Waals surface area contributed by atoms with Crippen molar-refractivity contribution in [2.24, 2.45) is 0 Å². The van der Waals surface area contributed by atoms with Gasteiger partial charge in [0.25, 0.3) is 11.1 Å². The lowest BCUT2D eigenvalue weighted by atomic mass is 10.1. The van der Waals surface area contributed by atoms with Crippen LogP contribution in [0.15, 0.2) is 29.2 Å². The lowest BCUT2D eigenvalue weighted by Crippen LogP contribution is -2.35. The van der Waals surface area contributed by atoms with Gasteiger partial charge in [-0.05, 0) is 49.4 Å². The van der Waals surface area contributed by atoms with Crippen LogP contribution in [0.4, 0.5) is 4.79 Å². The Morgan fingerprint density at radius 3 is 2.40 bits per heavy atom. The second kappa shape index (κ2) is 7.98. The van der Waals surface area contributed by atoms with E-state index in [0.29, 0.717) is 11.1 Å². The minimum atomic E-state index is -0.638. The van der Waals surface area contributed by atoms with Crippen LogP contribution in [0.1, 0.15) is 29.8 Å². The highest BCUT2D eigenvalue weighted by Gasteiger charge is 2.36. The Morgan fingerprint density at radius 1 is 1.20 bits per heavy atom. The average Bonchev–Trinajstić information content (AvgIpc) is 2.81. The van der Waals surface area contributed by atoms with E-state index in [0.717, 1.165) is 16.7 Å². The molecule has 7 nitrogen and oxygen atoms in total. The summed E-state index contributed by atoms with van der Waals surface area (Å²) >= 11 is 0.752. The van der Waals surface area contributed by atoms with Crippen molar-refractivity contribution in [3.63, 3.8) is 0 Å². The molecule has 25 heavy (non-hydrogen) atoms. The first kappa shape index (κ1) is 18.7. The Labute approximate surface area is 149 Å². The molecule has 0 saturated carbocycles. The molecule has 0 unspecified atom stereocenters. The van der Waals surface area contributed by atoms with Crippen LogP contribution in [0, 0.1) is 0 Å². The van der Waals surface area contributed by atoms with Gasteiger partial charge >= 0.3 is 11.9 Å². The molecule has 1 fully saturated rings. The normalized spacial score (nSPS) is 15.8. The highest BCUT2D eigenvalue weighted by Crippen LogP contribution is 2.32. The fourth-order valence-electron chi connectivity index (χ4n) is 2.05. The Hall–Kier alpha value is -2.61. The average molecular weight is 363 g/mol. The molecule has 1 aliphatic rings. The van der Waals surface area contributed by atoms with E-state index in [1.807, 2.05) is 0 Å². The molecule has 0 aromatic heterocycles. The van der Waals surface area contributed by atoms with Gasteiger partial charge in [-0.2, -0.15) is 0 Å². The summed E-state index contributed by atoms with van der Waals surface area (Å²) in [4.78, 5) is 48.3. The van der Waals surface area contributed by atoms with Crippen molar-refractivity contribution in [2.75, 3.05) is 13.7 Å². The molecule has 0 radical (unpaired) electrons. The lowest BCUT2D eigenvalue weighted by Gasteiger charge is -2.13. The Bertz CT molecular complexity index is 738. The first-order chi connectivity index (χ1) is 11.8. The zero-order valence-corrected chi connectivity index (χ0v) is 14.8. The van der Waals surface area contributed by atoms with Crippen molar-refractivity contribution in [2.45, 2.75) is 20.0 Å². The fourth-order valence-corrected chi connectivity index (χ4v) is 2.89. The van der Waals surface area contributed by atoms with Crippen LogP contribution in [-0.2, 0) is 19.1 Å². The minimum Gasteiger partial charge on any atom is -0.465 e. The van der Waals surface area contributed by atoms with Crippen molar-refractivity contribution in [3.05, 3.63) is 40.3 Å². The van der Waals surface area contributed by atoms with Gasteiger partial charge in [0.1, 0.15) is 6.54 Å². The number of imide groups is 1. The van der Waals surface area contributed by atoms with Crippen molar-refractivity contribution in [3.8, 4) is 0 Å². The van der Waals surface area contributed by atoms with Crippen LogP contribution in [-0.4, -0.2) is 47.7 Å². The maximum atomic E-state index is 12.3. The summed E-state index contributed by atoms with van der Waals surface area (Å²) in [5, 5.41) is -0.525. The summed E-state index contributed by atoms with van der Waals surface area (Å²) in [5.74, 6) is -1.65. The molecule has 2 rings (SSSR count). The summed E-state index contributed by atoms with van der Waals surface area (Å²) in [6, 6.07) is 6.38. The Morgan fingerprint density at radius 2 is 1.84 bits per heavy atom. The number of ether oxygens (including phenoxy) is 2. The smallest absolute Gasteiger partial charge is 0.337 e. The molecule has 8 heteroatoms. The van der Waals surface area contributed by atoms with Crippen molar-refractivity contribution in [1.82, 2.24) is 4.90 Å². The first-order valence-electron chi connectivity index (χ1n) is 7.45. The van der Waals surface area contributed by atoms with Gasteiger partial charge in [0.05, 0.1) is 23.7 Å². The van der Waals surface area contributed by atoms with Gasteiger partial charge in [-0.1, -0.05) is 12.1 Å². The van der Waals surface area contributed by atoms with E-state index < -0.39 is 29.6 Å². The zero-order valence-electron chi connectivity index (χ0n) is 14.0. The van der Waals surface area contributed by atoms with Crippen molar-refractivity contribution >= 4 is 40.9 Å². The number of carbonyl (C=O) groups excluding carboxylic acids is 4. The van der Waals surface area contributed by atoms with Crippen LogP contribution in [0.3, 0.4) is 0 Å². The summed E-state index contributed by atoms with van der Waals surface area (Å²) in [7, 11) is 1.29. The van der Waals surface area contributed by atoms with Crippen LogP contribution in [0.25, 0.3) is 6.08 Å². The third-order valence-electron chi connectivity index (χ3n) is 3.16. The maximum absolute atomic E-state index is 12.3. The number of rotatable bonds is 5. The van der Waals surface area contributed by atoms with Crippen molar-refractivity contribution in [1.29, 1.82) is 0 Å². The molecular weight excluding hydrogens is 346 g/mol. The third-order valence-corrected chi connectivity index (χ3v) is 4.06. The van der Waals surface area contributed by atoms with Gasteiger partial charge in [0.2, 0.25) is 0 Å². The van der Waals surface area contributed by atoms with Gasteiger partial charge in [0.15, 0.2) is 0 Å². The molecule has 1 saturated heterocycles. The third kappa shape index (κ3) is 4.69. The van der Waals surface area contributed by atoms with Gasteiger partial charge in [-0.25, -0.2) is 4.79 Å². The van der Waals surface area contributed by atoms with Gasteiger partial charge in [-0.15, -0.1) is 0 Å². The first-order valence-corrected chi connectivity index (χ1v) is 8.26. The number of hydrogen-bond donors (Lipinski definition) is 0. The summed E-state index contributed by atoms with van der Waals surface area (Å²) < 4.78 is 9.56. The van der Waals surface area contributed by atoms with Gasteiger partial charge in [-0.3, -0.25) is 19.3 Å². The molecule has 1 heterocycles. The van der Waals surface area contributed by atoms with E-state index >= 15 is 0 Å². The molecule has 0 spiro atoms. The van der Waals surface area contributed by atoms with Crippen LogP contribution < -0.4 is 0 Å². The largest absolute Gasteiger partial charge is 0.465 e. The second-order valence-corrected chi connectivity index (χ2v) is 6.41. The minimum absolute atomic E-state index is 0.202. The van der Waals surface area contributed by atoms with Gasteiger partial charge in [0, 0.05) is 0 Å². The predicted molar refractivity (Wildman–Crippen MR) is 91.7 cm³/mol. The Balaban J connectivity index is 2.11. The number of thioether (sulfide) groups is 1. The number of hydrogen-bond acceptors (Lipinski definition) is 7. The number of nitrogens with zero attached hydrogens (tertiary/aromatic N) is 1. The zero-order chi connectivity index (χ0) is 18.6. The van der Waals surface area contributed by atoms with Crippen LogP contribution in [0.2, 0.25) is 0 Å². The monoisotopic (exact) mass is 363 g/mol. The van der Waals surface area contributed by atoms with Crippen molar-refractivity contribution < 1.29 is 28.7 Å². The maximum Gasteiger partial charge on any atom is 0.337 e. The quantitative estimate of drug-likeness (QED) is 0.586. The number of benzene rings is 1. The topological polar surface area (TPSA) is 90.0 Å². The second-order valence-electron chi connectivity index (χ2n) is 5.42. The van der Waals surface area contributed by atoms with Crippen LogP contribution in [0.5, 0.6) is 0 Å². The van der Waals surface area contributed by atoms with Gasteiger partial charge < -0.3 is 9.47 Å². The fraction of sp³-hybridized carbons (Fsp3) is 0.294. The molecule has 0 N–H and O–H groups in total. The molecule has 0 aliphatic carbocycles. The van der Waals surface area contributed by atoms with E-state index in [9.17, 15) is 19.2 Å². The summed E-state index contributed by atoms with van der Waals surface area (Å²) in [5.41, 5.74) is 1.02. The van der Waals surface area contributed by atoms with E-state index in [-0.39, 0.29) is 11.0 Å². The highest BCUT2D eigenvalue weighted by molar-refractivity contribution is 8.18. The molecule has 0 atom stereocenters. The number of carbonyl (C=O) groups is 4. The van der Waals surface area contributed by atoms with E-state index in [4.69, 9.17) is 4.74 Å². The lowest BCUT2D eigenvalue weighted by molar-refractivity contribution is -0.149. The van der Waals surface area contributed by atoms with E-state index in [1.165, 1.54) is 13.2 Å². The summed E-state index contributed by atoms with van der Waals surface area (Å²) in [6.45, 7) is 2.95. The molecule has 1 aromatic rings. The molecule has 0 bridgehead atoms. The molecule has 1 aromatic carbocycles. The van der Waals surface area contributed by atoms with Crippen LogP contribution >= 0.6 is 11.8 Å². The standard InChI is InChI=1S/C17H17NO6S/c1-10(2)24-14(19)9-18-15(20)13(25-17(18)22)8-11-4-6-12(7-5-11)16(21)23-3/h4-8,10H,9H2,1-3H3/b13-8-. The SMILES string of the molecule is COC(=O)c1ccc(/C=C2\SC(=O)N(CC(=O)OC(C)C)C2=O)cc1. The molecule has 132 valence electrons. The summed E-state index contributed by atoms with van der Waals surface area (Å²) in [6.07, 6.45) is 1.20. The van der Waals surface area contributed by atoms with E-state index in [2.05, 4.69) is 4.74 Å². The molecular formula is C17H17NO6S. The van der Waals surface area contributed by atoms with E-state index in [1.54, 1.807) is 38.1 Å². The molecule has 2 amide bonds. The number of methoxy groups -OCH3 is 1. The number of amides is 2. The predicted octanol–water partition coefficient (Wildman–Crippen LogP) is 2.46. The molecule has 1 aliphatic heterocycles.